The summed E-state index contributed by atoms with van der Waals surface area (Å²) in [6.45, 7) is 5.96. The van der Waals surface area contributed by atoms with Gasteiger partial charge in [0, 0.05) is 19.6 Å². The molecule has 2 rings (SSSR count). The van der Waals surface area contributed by atoms with E-state index >= 15 is 0 Å². The van der Waals surface area contributed by atoms with Crippen molar-refractivity contribution in [2.45, 2.75) is 31.7 Å². The van der Waals surface area contributed by atoms with E-state index < -0.39 is 6.09 Å². The summed E-state index contributed by atoms with van der Waals surface area (Å²) < 4.78 is 5.02. The molecule has 0 aromatic rings. The quantitative estimate of drug-likeness (QED) is 0.713. The van der Waals surface area contributed by atoms with E-state index in [0.29, 0.717) is 6.54 Å². The zero-order valence-electron chi connectivity index (χ0n) is 10.6. The molecule has 2 amide bonds. The van der Waals surface area contributed by atoms with Crippen LogP contribution >= 0.6 is 0 Å². The molecule has 2 saturated heterocycles. The number of nitrogens with zero attached hydrogens (tertiary/aromatic N) is 2. The third-order valence-electron chi connectivity index (χ3n) is 3.51. The first-order valence-corrected chi connectivity index (χ1v) is 6.57. The van der Waals surface area contributed by atoms with E-state index in [9.17, 15) is 9.59 Å². The maximum absolute atomic E-state index is 12.3. The lowest BCUT2D eigenvalue weighted by Crippen LogP contribution is -2.47. The summed E-state index contributed by atoms with van der Waals surface area (Å²) in [5.41, 5.74) is 0. The number of amides is 2. The van der Waals surface area contributed by atoms with Gasteiger partial charge in [0.05, 0.1) is 0 Å². The molecule has 2 heterocycles. The highest BCUT2D eigenvalue weighted by Crippen LogP contribution is 2.22. The van der Waals surface area contributed by atoms with Crippen molar-refractivity contribution in [1.29, 1.82) is 0 Å². The molecule has 100 valence electrons. The van der Waals surface area contributed by atoms with Crippen molar-refractivity contribution in [3.05, 3.63) is 12.7 Å². The standard InChI is InChI=1S/C13H20N2O3/c1-2-10-18-13(17)15-9-5-6-11(15)12(16)14-7-3-4-8-14/h2,11H,1,3-10H2/t11-/m0/s1. The Kier molecular flexibility index (Phi) is 4.23. The van der Waals surface area contributed by atoms with Gasteiger partial charge in [-0.2, -0.15) is 0 Å². The van der Waals surface area contributed by atoms with Gasteiger partial charge in [0.1, 0.15) is 12.6 Å². The highest BCUT2D eigenvalue weighted by molar-refractivity contribution is 5.86. The van der Waals surface area contributed by atoms with Crippen LogP contribution in [0.1, 0.15) is 25.7 Å². The van der Waals surface area contributed by atoms with E-state index in [1.807, 2.05) is 4.90 Å². The Labute approximate surface area is 107 Å². The van der Waals surface area contributed by atoms with Gasteiger partial charge in [-0.05, 0) is 25.7 Å². The van der Waals surface area contributed by atoms with Crippen LogP contribution in [0.25, 0.3) is 0 Å². The van der Waals surface area contributed by atoms with Crippen LogP contribution < -0.4 is 0 Å². The average Bonchev–Trinajstić information content (AvgIpc) is 3.04. The molecule has 18 heavy (non-hydrogen) atoms. The average molecular weight is 252 g/mol. The molecule has 2 aliphatic rings. The summed E-state index contributed by atoms with van der Waals surface area (Å²) in [5, 5.41) is 0. The monoisotopic (exact) mass is 252 g/mol. The van der Waals surface area contributed by atoms with Crippen molar-refractivity contribution >= 4 is 12.0 Å². The largest absolute Gasteiger partial charge is 0.445 e. The molecule has 0 spiro atoms. The van der Waals surface area contributed by atoms with Crippen molar-refractivity contribution in [2.24, 2.45) is 0 Å². The van der Waals surface area contributed by atoms with Crippen molar-refractivity contribution in [2.75, 3.05) is 26.2 Å². The molecule has 5 nitrogen and oxygen atoms in total. The number of carbonyl (C=O) groups excluding carboxylic acids is 2. The third-order valence-corrected chi connectivity index (χ3v) is 3.51. The fraction of sp³-hybridized carbons (Fsp3) is 0.692. The number of carbonyl (C=O) groups is 2. The normalized spacial score (nSPS) is 23.2. The van der Waals surface area contributed by atoms with Gasteiger partial charge in [-0.25, -0.2) is 4.79 Å². The molecule has 0 bridgehead atoms. The summed E-state index contributed by atoms with van der Waals surface area (Å²) in [4.78, 5) is 27.5. The maximum atomic E-state index is 12.3. The van der Waals surface area contributed by atoms with E-state index in [0.717, 1.165) is 38.8 Å². The highest BCUT2D eigenvalue weighted by Gasteiger charge is 2.37. The predicted octanol–water partition coefficient (Wildman–Crippen LogP) is 1.40. The van der Waals surface area contributed by atoms with Gasteiger partial charge < -0.3 is 9.64 Å². The van der Waals surface area contributed by atoms with Crippen LogP contribution in [0, 0.1) is 0 Å². The summed E-state index contributed by atoms with van der Waals surface area (Å²) in [5.74, 6) is 0.0838. The lowest BCUT2D eigenvalue weighted by Gasteiger charge is -2.26. The minimum absolute atomic E-state index is 0.0838. The topological polar surface area (TPSA) is 49.9 Å². The van der Waals surface area contributed by atoms with E-state index in [1.165, 1.54) is 6.08 Å². The summed E-state index contributed by atoms with van der Waals surface area (Å²) >= 11 is 0. The Morgan fingerprint density at radius 1 is 1.22 bits per heavy atom. The van der Waals surface area contributed by atoms with Gasteiger partial charge in [0.15, 0.2) is 0 Å². The number of likely N-dealkylation sites (tertiary alicyclic amines) is 2. The molecule has 1 atom stereocenters. The fourth-order valence-corrected chi connectivity index (χ4v) is 2.60. The summed E-state index contributed by atoms with van der Waals surface area (Å²) in [6.07, 6.45) is 4.89. The van der Waals surface area contributed by atoms with Crippen molar-refractivity contribution < 1.29 is 14.3 Å². The number of hydrogen-bond donors (Lipinski definition) is 0. The molecule has 0 aromatic carbocycles. The second-order valence-corrected chi connectivity index (χ2v) is 4.75. The smallest absolute Gasteiger partial charge is 0.410 e. The van der Waals surface area contributed by atoms with E-state index in [2.05, 4.69) is 6.58 Å². The van der Waals surface area contributed by atoms with Crippen LogP contribution in [0.3, 0.4) is 0 Å². The fourth-order valence-electron chi connectivity index (χ4n) is 2.60. The zero-order chi connectivity index (χ0) is 13.0. The second-order valence-electron chi connectivity index (χ2n) is 4.75. The first-order valence-electron chi connectivity index (χ1n) is 6.57. The molecule has 2 fully saturated rings. The van der Waals surface area contributed by atoms with Crippen LogP contribution in [-0.4, -0.2) is 54.1 Å². The van der Waals surface area contributed by atoms with Crippen LogP contribution in [0.15, 0.2) is 12.7 Å². The highest BCUT2D eigenvalue weighted by atomic mass is 16.6. The molecule has 0 N–H and O–H groups in total. The minimum Gasteiger partial charge on any atom is -0.445 e. The SMILES string of the molecule is C=CCOC(=O)N1CCC[C@H]1C(=O)N1CCCC1. The van der Waals surface area contributed by atoms with E-state index in [4.69, 9.17) is 4.74 Å². The minimum atomic E-state index is -0.398. The van der Waals surface area contributed by atoms with Gasteiger partial charge in [-0.15, -0.1) is 0 Å². The Morgan fingerprint density at radius 3 is 2.61 bits per heavy atom. The third kappa shape index (κ3) is 2.66. The Bertz CT molecular complexity index is 337. The van der Waals surface area contributed by atoms with Gasteiger partial charge in [0.25, 0.3) is 0 Å². The second kappa shape index (κ2) is 5.89. The van der Waals surface area contributed by atoms with Gasteiger partial charge >= 0.3 is 6.09 Å². The Balaban J connectivity index is 1.95. The zero-order valence-corrected chi connectivity index (χ0v) is 10.6. The van der Waals surface area contributed by atoms with E-state index in [-0.39, 0.29) is 18.6 Å². The molecular formula is C13H20N2O3. The van der Waals surface area contributed by atoms with Crippen LogP contribution in [0.2, 0.25) is 0 Å². The van der Waals surface area contributed by atoms with Crippen LogP contribution in [0.5, 0.6) is 0 Å². The summed E-state index contributed by atoms with van der Waals surface area (Å²) in [6, 6.07) is -0.319. The predicted molar refractivity (Wildman–Crippen MR) is 67.1 cm³/mol. The Hall–Kier alpha value is -1.52. The Morgan fingerprint density at radius 2 is 1.94 bits per heavy atom. The van der Waals surface area contributed by atoms with Crippen LogP contribution in [0.4, 0.5) is 4.79 Å². The molecule has 0 unspecified atom stereocenters. The van der Waals surface area contributed by atoms with E-state index in [1.54, 1.807) is 4.90 Å². The molecule has 5 heteroatoms. The van der Waals surface area contributed by atoms with Gasteiger partial charge in [0.2, 0.25) is 5.91 Å². The maximum Gasteiger partial charge on any atom is 0.410 e. The molecule has 0 aromatic heterocycles. The first kappa shape index (κ1) is 12.9. The van der Waals surface area contributed by atoms with Gasteiger partial charge in [-0.3, -0.25) is 9.69 Å². The number of hydrogen-bond acceptors (Lipinski definition) is 3. The van der Waals surface area contributed by atoms with Crippen LogP contribution in [-0.2, 0) is 9.53 Å². The molecule has 2 aliphatic heterocycles. The lowest BCUT2D eigenvalue weighted by atomic mass is 10.2. The number of ether oxygens (including phenoxy) is 1. The molecular weight excluding hydrogens is 232 g/mol. The molecule has 0 aliphatic carbocycles. The van der Waals surface area contributed by atoms with Gasteiger partial charge in [-0.1, -0.05) is 12.7 Å². The lowest BCUT2D eigenvalue weighted by molar-refractivity contribution is -0.134. The molecule has 0 radical (unpaired) electrons. The number of rotatable bonds is 3. The van der Waals surface area contributed by atoms with Crippen molar-refractivity contribution in [1.82, 2.24) is 9.80 Å². The summed E-state index contributed by atoms with van der Waals surface area (Å²) in [7, 11) is 0. The van der Waals surface area contributed by atoms with Crippen molar-refractivity contribution in [3.8, 4) is 0 Å². The first-order chi connectivity index (χ1) is 8.74. The van der Waals surface area contributed by atoms with Crippen molar-refractivity contribution in [3.63, 3.8) is 0 Å². The molecule has 0 saturated carbocycles.